The van der Waals surface area contributed by atoms with E-state index in [1.54, 1.807) is 6.26 Å². The molecule has 0 aliphatic carbocycles. The summed E-state index contributed by atoms with van der Waals surface area (Å²) in [6.45, 7) is 0. The van der Waals surface area contributed by atoms with Gasteiger partial charge in [-0.2, -0.15) is 0 Å². The second-order valence-corrected chi connectivity index (χ2v) is 3.13. The first-order valence-electron chi connectivity index (χ1n) is 4.01. The smallest absolute Gasteiger partial charge is 0.134 e. The average Bonchev–Trinajstić information content (AvgIpc) is 2.60. The van der Waals surface area contributed by atoms with Crippen molar-refractivity contribution in [2.75, 3.05) is 7.05 Å². The van der Waals surface area contributed by atoms with E-state index in [9.17, 15) is 0 Å². The van der Waals surface area contributed by atoms with E-state index >= 15 is 0 Å². The lowest BCUT2D eigenvalue weighted by Gasteiger charge is -1.97. The Kier molecular flexibility index (Phi) is 2.02. The van der Waals surface area contributed by atoms with Gasteiger partial charge in [-0.25, -0.2) is 0 Å². The molecular formula is C10H9NOS. The van der Waals surface area contributed by atoms with Crippen molar-refractivity contribution < 1.29 is 4.42 Å². The van der Waals surface area contributed by atoms with Gasteiger partial charge in [0.05, 0.1) is 5.56 Å². The first kappa shape index (κ1) is 8.26. The summed E-state index contributed by atoms with van der Waals surface area (Å²) >= 11 is 5.13. The minimum Gasteiger partial charge on any atom is -0.464 e. The molecule has 0 bridgehead atoms. The molecule has 0 aliphatic heterocycles. The molecule has 0 unspecified atom stereocenters. The molecular weight excluding hydrogens is 182 g/mol. The lowest BCUT2D eigenvalue weighted by molar-refractivity contribution is 0.615. The van der Waals surface area contributed by atoms with Crippen molar-refractivity contribution in [1.29, 1.82) is 0 Å². The second kappa shape index (κ2) is 3.18. The molecule has 0 fully saturated rings. The van der Waals surface area contributed by atoms with Gasteiger partial charge in [0, 0.05) is 12.4 Å². The van der Waals surface area contributed by atoms with Gasteiger partial charge in [-0.15, -0.1) is 0 Å². The highest BCUT2D eigenvalue weighted by Crippen LogP contribution is 2.20. The molecule has 0 atom stereocenters. The molecule has 66 valence electrons. The Balaban J connectivity index is 2.64. The van der Waals surface area contributed by atoms with Crippen molar-refractivity contribution in [3.05, 3.63) is 36.1 Å². The fourth-order valence-corrected chi connectivity index (χ4v) is 1.45. The van der Waals surface area contributed by atoms with Crippen molar-refractivity contribution in [3.8, 4) is 0 Å². The Hall–Kier alpha value is -1.35. The summed E-state index contributed by atoms with van der Waals surface area (Å²) in [5, 5.41) is 3.99. The summed E-state index contributed by atoms with van der Waals surface area (Å²) < 4.78 is 5.34. The zero-order valence-corrected chi connectivity index (χ0v) is 8.02. The average molecular weight is 191 g/mol. The van der Waals surface area contributed by atoms with Crippen LogP contribution in [0.3, 0.4) is 0 Å². The molecule has 1 N–H and O–H groups in total. The van der Waals surface area contributed by atoms with Gasteiger partial charge in [0.1, 0.15) is 16.8 Å². The third-order valence-corrected chi connectivity index (χ3v) is 2.38. The number of thiocarbonyl (C=S) groups is 1. The van der Waals surface area contributed by atoms with Crippen LogP contribution in [0.25, 0.3) is 11.0 Å². The van der Waals surface area contributed by atoms with E-state index in [4.69, 9.17) is 16.6 Å². The third kappa shape index (κ3) is 1.31. The first-order chi connectivity index (χ1) is 6.33. The third-order valence-electron chi connectivity index (χ3n) is 1.95. The lowest BCUT2D eigenvalue weighted by Crippen LogP contribution is -2.15. The predicted octanol–water partition coefficient (Wildman–Crippen LogP) is 2.33. The minimum absolute atomic E-state index is 0.713. The van der Waals surface area contributed by atoms with Crippen LogP contribution in [-0.2, 0) is 0 Å². The van der Waals surface area contributed by atoms with E-state index in [0.29, 0.717) is 4.99 Å². The Morgan fingerprint density at radius 2 is 2.15 bits per heavy atom. The van der Waals surface area contributed by atoms with Crippen LogP contribution in [0, 0.1) is 0 Å². The van der Waals surface area contributed by atoms with Gasteiger partial charge >= 0.3 is 0 Å². The molecule has 0 aliphatic rings. The van der Waals surface area contributed by atoms with Crippen molar-refractivity contribution in [2.45, 2.75) is 0 Å². The highest BCUT2D eigenvalue weighted by atomic mass is 32.1. The quantitative estimate of drug-likeness (QED) is 0.700. The Morgan fingerprint density at radius 1 is 1.38 bits per heavy atom. The zero-order valence-electron chi connectivity index (χ0n) is 7.20. The zero-order chi connectivity index (χ0) is 9.26. The molecule has 0 radical (unpaired) electrons. The maximum absolute atomic E-state index is 5.34. The summed E-state index contributed by atoms with van der Waals surface area (Å²) in [4.78, 5) is 0.713. The van der Waals surface area contributed by atoms with Crippen molar-refractivity contribution in [2.24, 2.45) is 0 Å². The van der Waals surface area contributed by atoms with Crippen LogP contribution in [0.4, 0.5) is 0 Å². The van der Waals surface area contributed by atoms with E-state index < -0.39 is 0 Å². The summed E-state index contributed by atoms with van der Waals surface area (Å²) in [6.07, 6.45) is 1.68. The summed E-state index contributed by atoms with van der Waals surface area (Å²) in [5.41, 5.74) is 1.82. The number of nitrogens with one attached hydrogen (secondary N) is 1. The summed E-state index contributed by atoms with van der Waals surface area (Å²) in [7, 11) is 1.81. The van der Waals surface area contributed by atoms with E-state index in [2.05, 4.69) is 5.32 Å². The van der Waals surface area contributed by atoms with Crippen molar-refractivity contribution in [1.82, 2.24) is 5.32 Å². The van der Waals surface area contributed by atoms with Crippen molar-refractivity contribution in [3.63, 3.8) is 0 Å². The van der Waals surface area contributed by atoms with Crippen LogP contribution < -0.4 is 5.32 Å². The van der Waals surface area contributed by atoms with Crippen LogP contribution in [0.5, 0.6) is 0 Å². The lowest BCUT2D eigenvalue weighted by atomic mass is 10.2. The van der Waals surface area contributed by atoms with E-state index in [1.807, 2.05) is 31.3 Å². The Morgan fingerprint density at radius 3 is 2.92 bits per heavy atom. The van der Waals surface area contributed by atoms with Gasteiger partial charge in [-0.3, -0.25) is 0 Å². The second-order valence-electron chi connectivity index (χ2n) is 2.72. The topological polar surface area (TPSA) is 25.2 Å². The standard InChI is InChI=1S/C10H9NOS/c1-11-10(13)8-6-12-9-5-3-2-4-7(8)9/h2-6H,1H3,(H,11,13). The number of hydrogen-bond acceptors (Lipinski definition) is 2. The molecule has 0 amide bonds. The van der Waals surface area contributed by atoms with Crippen LogP contribution in [0.1, 0.15) is 5.56 Å². The van der Waals surface area contributed by atoms with Crippen LogP contribution in [-0.4, -0.2) is 12.0 Å². The van der Waals surface area contributed by atoms with Crippen LogP contribution in [0.15, 0.2) is 34.9 Å². The fourth-order valence-electron chi connectivity index (χ4n) is 1.29. The largest absolute Gasteiger partial charge is 0.464 e. The minimum atomic E-state index is 0.713. The molecule has 1 aromatic carbocycles. The number of benzene rings is 1. The van der Waals surface area contributed by atoms with Gasteiger partial charge in [-0.05, 0) is 6.07 Å². The maximum Gasteiger partial charge on any atom is 0.134 e. The highest BCUT2D eigenvalue weighted by Gasteiger charge is 2.07. The van der Waals surface area contributed by atoms with Crippen LogP contribution >= 0.6 is 12.2 Å². The maximum atomic E-state index is 5.34. The molecule has 0 spiro atoms. The number of rotatable bonds is 1. The van der Waals surface area contributed by atoms with Gasteiger partial charge in [-0.1, -0.05) is 30.4 Å². The molecule has 1 aromatic heterocycles. The van der Waals surface area contributed by atoms with Crippen molar-refractivity contribution >= 4 is 28.2 Å². The number of para-hydroxylation sites is 1. The van der Waals surface area contributed by atoms with Crippen LogP contribution in [0.2, 0.25) is 0 Å². The predicted molar refractivity (Wildman–Crippen MR) is 57.0 cm³/mol. The summed E-state index contributed by atoms with van der Waals surface area (Å²) in [6, 6.07) is 7.84. The fraction of sp³-hybridized carbons (Fsp3) is 0.100. The molecule has 1 heterocycles. The van der Waals surface area contributed by atoms with Gasteiger partial charge in [0.2, 0.25) is 0 Å². The number of furan rings is 1. The molecule has 13 heavy (non-hydrogen) atoms. The number of fused-ring (bicyclic) bond motifs is 1. The number of hydrogen-bond donors (Lipinski definition) is 1. The molecule has 0 saturated heterocycles. The Bertz CT molecular complexity index is 447. The SMILES string of the molecule is CNC(=S)c1coc2ccccc12. The Labute approximate surface area is 81.5 Å². The molecule has 2 nitrogen and oxygen atoms in total. The monoisotopic (exact) mass is 191 g/mol. The normalized spacial score (nSPS) is 10.2. The van der Waals surface area contributed by atoms with E-state index in [1.165, 1.54) is 0 Å². The molecule has 2 rings (SSSR count). The van der Waals surface area contributed by atoms with Gasteiger partial charge in [0.25, 0.3) is 0 Å². The van der Waals surface area contributed by atoms with Gasteiger partial charge < -0.3 is 9.73 Å². The molecule has 3 heteroatoms. The van der Waals surface area contributed by atoms with E-state index in [-0.39, 0.29) is 0 Å². The summed E-state index contributed by atoms with van der Waals surface area (Å²) in [5.74, 6) is 0. The highest BCUT2D eigenvalue weighted by molar-refractivity contribution is 7.80. The molecule has 2 aromatic rings. The van der Waals surface area contributed by atoms with E-state index in [0.717, 1.165) is 16.5 Å². The molecule has 0 saturated carbocycles. The van der Waals surface area contributed by atoms with Gasteiger partial charge in [0.15, 0.2) is 0 Å². The first-order valence-corrected chi connectivity index (χ1v) is 4.42.